The number of carbonyl (C=O) groups is 2. The van der Waals surface area contributed by atoms with Crippen molar-refractivity contribution in [1.82, 2.24) is 0 Å². The van der Waals surface area contributed by atoms with Crippen LogP contribution in [0.15, 0.2) is 42.5 Å². The number of hydrogen-bond acceptors (Lipinski definition) is 2. The summed E-state index contributed by atoms with van der Waals surface area (Å²) in [6.45, 7) is 1.31. The van der Waals surface area contributed by atoms with Gasteiger partial charge in [0, 0.05) is 16.8 Å². The van der Waals surface area contributed by atoms with Crippen LogP contribution in [0.2, 0.25) is 0 Å². The second-order valence-corrected chi connectivity index (χ2v) is 5.38. The quantitative estimate of drug-likeness (QED) is 0.594. The van der Waals surface area contributed by atoms with E-state index in [-0.39, 0.29) is 17.5 Å². The van der Waals surface area contributed by atoms with Gasteiger partial charge >= 0.3 is 12.4 Å². The van der Waals surface area contributed by atoms with Gasteiger partial charge in [0.1, 0.15) is 0 Å². The van der Waals surface area contributed by atoms with Crippen LogP contribution in [0.4, 0.5) is 32.0 Å². The Kier molecular flexibility index (Phi) is 5.11. The Bertz CT molecular complexity index is 806. The van der Waals surface area contributed by atoms with Crippen LogP contribution in [0, 0.1) is 0 Å². The minimum atomic E-state index is -5.04. The highest BCUT2D eigenvalue weighted by atomic mass is 19.4. The SMILES string of the molecule is CC(=O)c1ccc(NC(=O)c2cc(C(F)(F)F)cc(C(F)(F)F)c2)cc1. The molecule has 2 aromatic rings. The average Bonchev–Trinajstić information content (AvgIpc) is 2.53. The first-order valence-corrected chi connectivity index (χ1v) is 7.10. The molecule has 1 N–H and O–H groups in total. The molecule has 0 heterocycles. The number of carbonyl (C=O) groups excluding carboxylic acids is 2. The molecule has 2 rings (SSSR count). The first-order valence-electron chi connectivity index (χ1n) is 7.10. The molecule has 0 aliphatic rings. The third-order valence-electron chi connectivity index (χ3n) is 3.40. The molecule has 0 saturated carbocycles. The van der Waals surface area contributed by atoms with Crippen molar-refractivity contribution >= 4 is 17.4 Å². The summed E-state index contributed by atoms with van der Waals surface area (Å²) in [6.07, 6.45) is -10.1. The van der Waals surface area contributed by atoms with Gasteiger partial charge in [-0.3, -0.25) is 9.59 Å². The maximum Gasteiger partial charge on any atom is 0.416 e. The van der Waals surface area contributed by atoms with Gasteiger partial charge < -0.3 is 5.32 Å². The zero-order valence-electron chi connectivity index (χ0n) is 13.1. The zero-order valence-corrected chi connectivity index (χ0v) is 13.1. The second-order valence-electron chi connectivity index (χ2n) is 5.38. The van der Waals surface area contributed by atoms with E-state index in [1.807, 2.05) is 0 Å². The summed E-state index contributed by atoms with van der Waals surface area (Å²) < 4.78 is 76.9. The van der Waals surface area contributed by atoms with Gasteiger partial charge in [-0.05, 0) is 49.4 Å². The first-order chi connectivity index (χ1) is 11.9. The smallest absolute Gasteiger partial charge is 0.322 e. The number of benzene rings is 2. The third-order valence-corrected chi connectivity index (χ3v) is 3.40. The van der Waals surface area contributed by atoms with Crippen LogP contribution in [0.5, 0.6) is 0 Å². The standard InChI is InChI=1S/C17H11F6NO2/c1-9(25)10-2-4-14(5-3-10)24-15(26)11-6-12(16(18,19)20)8-13(7-11)17(21,22)23/h2-8H,1H3,(H,24,26). The lowest BCUT2D eigenvalue weighted by Crippen LogP contribution is -2.17. The maximum atomic E-state index is 12.8. The number of halogens is 6. The number of hydrogen-bond donors (Lipinski definition) is 1. The van der Waals surface area contributed by atoms with Gasteiger partial charge in [-0.15, -0.1) is 0 Å². The molecule has 9 heteroatoms. The lowest BCUT2D eigenvalue weighted by molar-refractivity contribution is -0.143. The minimum Gasteiger partial charge on any atom is -0.322 e. The van der Waals surface area contributed by atoms with E-state index in [1.165, 1.54) is 31.2 Å². The second kappa shape index (κ2) is 6.81. The van der Waals surface area contributed by atoms with Crippen LogP contribution in [-0.4, -0.2) is 11.7 Å². The summed E-state index contributed by atoms with van der Waals surface area (Å²) in [5.41, 5.74) is -3.50. The highest BCUT2D eigenvalue weighted by molar-refractivity contribution is 6.05. The number of nitrogens with one attached hydrogen (secondary N) is 1. The molecule has 138 valence electrons. The van der Waals surface area contributed by atoms with Crippen LogP contribution in [0.3, 0.4) is 0 Å². The fraction of sp³-hybridized carbons (Fsp3) is 0.176. The molecule has 2 aromatic carbocycles. The maximum absolute atomic E-state index is 12.8. The lowest BCUT2D eigenvalue weighted by atomic mass is 10.0. The Labute approximate surface area is 143 Å². The molecule has 0 radical (unpaired) electrons. The Morgan fingerprint density at radius 1 is 0.769 bits per heavy atom. The van der Waals surface area contributed by atoms with Crippen LogP contribution in [0.25, 0.3) is 0 Å². The summed E-state index contributed by atoms with van der Waals surface area (Å²) in [5, 5.41) is 2.20. The van der Waals surface area contributed by atoms with E-state index in [4.69, 9.17) is 0 Å². The molecule has 0 saturated heterocycles. The van der Waals surface area contributed by atoms with Gasteiger partial charge in [0.2, 0.25) is 0 Å². The number of anilines is 1. The fourth-order valence-electron chi connectivity index (χ4n) is 2.08. The predicted octanol–water partition coefficient (Wildman–Crippen LogP) is 5.18. The van der Waals surface area contributed by atoms with Crippen molar-refractivity contribution in [2.75, 3.05) is 5.32 Å². The van der Waals surface area contributed by atoms with E-state index in [1.54, 1.807) is 0 Å². The topological polar surface area (TPSA) is 46.2 Å². The van der Waals surface area contributed by atoms with Crippen molar-refractivity contribution in [1.29, 1.82) is 0 Å². The van der Waals surface area contributed by atoms with Crippen molar-refractivity contribution in [3.05, 3.63) is 64.7 Å². The van der Waals surface area contributed by atoms with Crippen molar-refractivity contribution in [3.63, 3.8) is 0 Å². The fourth-order valence-corrected chi connectivity index (χ4v) is 2.08. The van der Waals surface area contributed by atoms with Crippen LogP contribution in [-0.2, 0) is 12.4 Å². The Morgan fingerprint density at radius 2 is 1.23 bits per heavy atom. The normalized spacial score (nSPS) is 12.0. The molecule has 1 amide bonds. The van der Waals surface area contributed by atoms with Gasteiger partial charge in [-0.1, -0.05) is 0 Å². The molecular weight excluding hydrogens is 364 g/mol. The summed E-state index contributed by atoms with van der Waals surface area (Å²) in [6, 6.07) is 5.98. The van der Waals surface area contributed by atoms with Gasteiger partial charge in [0.15, 0.2) is 5.78 Å². The van der Waals surface area contributed by atoms with Gasteiger partial charge in [0.05, 0.1) is 11.1 Å². The molecule has 0 spiro atoms. The number of alkyl halides is 6. The van der Waals surface area contributed by atoms with Crippen molar-refractivity contribution < 1.29 is 35.9 Å². The number of ketones is 1. The first kappa shape index (κ1) is 19.5. The van der Waals surface area contributed by atoms with E-state index in [0.29, 0.717) is 17.7 Å². The summed E-state index contributed by atoms with van der Waals surface area (Å²) in [4.78, 5) is 23.2. The minimum absolute atomic E-state index is 0.0571. The van der Waals surface area contributed by atoms with E-state index in [0.717, 1.165) is 0 Å². The number of amides is 1. The Hall–Kier alpha value is -2.84. The summed E-state index contributed by atoms with van der Waals surface area (Å²) in [7, 11) is 0. The molecule has 3 nitrogen and oxygen atoms in total. The molecule has 0 bridgehead atoms. The predicted molar refractivity (Wildman–Crippen MR) is 80.8 cm³/mol. The molecule has 26 heavy (non-hydrogen) atoms. The van der Waals surface area contributed by atoms with Gasteiger partial charge in [0.25, 0.3) is 5.91 Å². The van der Waals surface area contributed by atoms with Crippen LogP contribution >= 0.6 is 0 Å². The zero-order chi connectivity index (χ0) is 19.7. The number of Topliss-reactive ketones (excluding diaryl/α,β-unsaturated/α-hetero) is 1. The molecular formula is C17H11F6NO2. The third kappa shape index (κ3) is 4.62. The number of rotatable bonds is 3. The van der Waals surface area contributed by atoms with E-state index in [2.05, 4.69) is 5.32 Å². The van der Waals surface area contributed by atoms with E-state index in [9.17, 15) is 35.9 Å². The van der Waals surface area contributed by atoms with E-state index >= 15 is 0 Å². The van der Waals surface area contributed by atoms with Gasteiger partial charge in [-0.2, -0.15) is 26.3 Å². The summed E-state index contributed by atoms with van der Waals surface area (Å²) >= 11 is 0. The van der Waals surface area contributed by atoms with Crippen LogP contribution < -0.4 is 5.32 Å². The average molecular weight is 375 g/mol. The molecule has 0 aliphatic carbocycles. The molecule has 0 aliphatic heterocycles. The molecule has 0 aromatic heterocycles. The largest absolute Gasteiger partial charge is 0.416 e. The van der Waals surface area contributed by atoms with Crippen molar-refractivity contribution in [2.45, 2.75) is 19.3 Å². The van der Waals surface area contributed by atoms with Gasteiger partial charge in [-0.25, -0.2) is 0 Å². The Morgan fingerprint density at radius 3 is 1.62 bits per heavy atom. The highest BCUT2D eigenvalue weighted by Crippen LogP contribution is 2.36. The van der Waals surface area contributed by atoms with Crippen molar-refractivity contribution in [2.24, 2.45) is 0 Å². The molecule has 0 unspecified atom stereocenters. The highest BCUT2D eigenvalue weighted by Gasteiger charge is 2.37. The molecule has 0 atom stereocenters. The Balaban J connectivity index is 2.37. The molecule has 0 fully saturated rings. The lowest BCUT2D eigenvalue weighted by Gasteiger charge is -2.14. The summed E-state index contributed by atoms with van der Waals surface area (Å²) in [5.74, 6) is -1.38. The van der Waals surface area contributed by atoms with Crippen molar-refractivity contribution in [3.8, 4) is 0 Å². The monoisotopic (exact) mass is 375 g/mol. The van der Waals surface area contributed by atoms with Crippen LogP contribution in [0.1, 0.15) is 38.8 Å². The van der Waals surface area contributed by atoms with E-state index < -0.39 is 35.0 Å².